The number of nitrogens with zero attached hydrogens (tertiary/aromatic N) is 2. The summed E-state index contributed by atoms with van der Waals surface area (Å²) in [6.07, 6.45) is -0.249. The first-order valence-corrected chi connectivity index (χ1v) is 7.71. The van der Waals surface area contributed by atoms with Crippen molar-refractivity contribution in [3.63, 3.8) is 0 Å². The third-order valence-corrected chi connectivity index (χ3v) is 3.80. The average molecular weight is 306 g/mol. The molecule has 1 heterocycles. The van der Waals surface area contributed by atoms with Crippen LogP contribution in [-0.4, -0.2) is 47.4 Å². The predicted octanol–water partition coefficient (Wildman–Crippen LogP) is 3.15. The number of phenolic OH excluding ortho intramolecular Hbond substituents is 1. The minimum atomic E-state index is -0.470. The fourth-order valence-corrected chi connectivity index (χ4v) is 2.62. The van der Waals surface area contributed by atoms with Crippen molar-refractivity contribution in [1.82, 2.24) is 4.90 Å². The van der Waals surface area contributed by atoms with E-state index in [1.54, 1.807) is 11.0 Å². The van der Waals surface area contributed by atoms with Gasteiger partial charge in [0, 0.05) is 31.4 Å². The van der Waals surface area contributed by atoms with Crippen LogP contribution in [0.15, 0.2) is 18.2 Å². The second kappa shape index (κ2) is 6.07. The van der Waals surface area contributed by atoms with Crippen LogP contribution in [0.4, 0.5) is 10.5 Å². The quantitative estimate of drug-likeness (QED) is 0.866. The van der Waals surface area contributed by atoms with Crippen molar-refractivity contribution in [2.24, 2.45) is 0 Å². The monoisotopic (exact) mass is 306 g/mol. The van der Waals surface area contributed by atoms with Gasteiger partial charge in [0.25, 0.3) is 0 Å². The first-order chi connectivity index (χ1) is 10.2. The lowest BCUT2D eigenvalue weighted by Crippen LogP contribution is -2.55. The van der Waals surface area contributed by atoms with Gasteiger partial charge in [-0.05, 0) is 58.4 Å². The minimum Gasteiger partial charge on any atom is -0.508 e. The minimum absolute atomic E-state index is 0.0812. The highest BCUT2D eigenvalue weighted by Gasteiger charge is 2.30. The molecule has 5 heteroatoms. The number of hydrogen-bond donors (Lipinski definition) is 1. The summed E-state index contributed by atoms with van der Waals surface area (Å²) in [6.45, 7) is 11.7. The van der Waals surface area contributed by atoms with Crippen LogP contribution < -0.4 is 4.90 Å². The molecule has 0 aromatic heterocycles. The Morgan fingerprint density at radius 2 is 2.00 bits per heavy atom. The Morgan fingerprint density at radius 3 is 2.55 bits per heavy atom. The van der Waals surface area contributed by atoms with Crippen molar-refractivity contribution >= 4 is 11.8 Å². The van der Waals surface area contributed by atoms with Gasteiger partial charge >= 0.3 is 6.09 Å². The standard InChI is InChI=1S/C17H26N2O3/c1-12-10-14(6-7-15(12)20)18-8-9-19(13(2)11-18)16(21)22-17(3,4)5/h6-7,10,13,20H,8-9,11H2,1-5H3. The number of benzene rings is 1. The Morgan fingerprint density at radius 1 is 1.32 bits per heavy atom. The van der Waals surface area contributed by atoms with Gasteiger partial charge in [-0.25, -0.2) is 4.79 Å². The van der Waals surface area contributed by atoms with Crippen LogP contribution in [0.1, 0.15) is 33.3 Å². The first-order valence-electron chi connectivity index (χ1n) is 7.71. The highest BCUT2D eigenvalue weighted by Crippen LogP contribution is 2.25. The lowest BCUT2D eigenvalue weighted by Gasteiger charge is -2.41. The Kier molecular flexibility index (Phi) is 4.54. The maximum Gasteiger partial charge on any atom is 0.410 e. The molecule has 1 N–H and O–H groups in total. The second-order valence-corrected chi connectivity index (χ2v) is 6.94. The molecular formula is C17H26N2O3. The van der Waals surface area contributed by atoms with Crippen molar-refractivity contribution in [2.75, 3.05) is 24.5 Å². The van der Waals surface area contributed by atoms with Gasteiger partial charge in [0.15, 0.2) is 0 Å². The number of rotatable bonds is 1. The van der Waals surface area contributed by atoms with E-state index in [0.29, 0.717) is 12.3 Å². The van der Waals surface area contributed by atoms with Gasteiger partial charge in [0.05, 0.1) is 0 Å². The highest BCUT2D eigenvalue weighted by atomic mass is 16.6. The van der Waals surface area contributed by atoms with Gasteiger partial charge in [-0.1, -0.05) is 0 Å². The van der Waals surface area contributed by atoms with Crippen molar-refractivity contribution in [3.05, 3.63) is 23.8 Å². The van der Waals surface area contributed by atoms with E-state index in [2.05, 4.69) is 4.90 Å². The van der Waals surface area contributed by atoms with E-state index in [1.165, 1.54) is 0 Å². The zero-order valence-corrected chi connectivity index (χ0v) is 14.1. The lowest BCUT2D eigenvalue weighted by molar-refractivity contribution is 0.0159. The number of anilines is 1. The Bertz CT molecular complexity index is 551. The van der Waals surface area contributed by atoms with E-state index in [9.17, 15) is 9.90 Å². The van der Waals surface area contributed by atoms with E-state index >= 15 is 0 Å². The van der Waals surface area contributed by atoms with Crippen LogP contribution in [0.5, 0.6) is 5.75 Å². The number of carbonyl (C=O) groups is 1. The number of carbonyl (C=O) groups excluding carboxylic acids is 1. The van der Waals surface area contributed by atoms with Crippen molar-refractivity contribution < 1.29 is 14.6 Å². The second-order valence-electron chi connectivity index (χ2n) is 6.94. The number of aromatic hydroxyl groups is 1. The van der Waals surface area contributed by atoms with E-state index in [1.807, 2.05) is 46.8 Å². The van der Waals surface area contributed by atoms with E-state index in [4.69, 9.17) is 4.74 Å². The summed E-state index contributed by atoms with van der Waals surface area (Å²) in [5.41, 5.74) is 1.47. The van der Waals surface area contributed by atoms with Crippen LogP contribution in [-0.2, 0) is 4.74 Å². The molecule has 5 nitrogen and oxygen atoms in total. The molecule has 1 aromatic rings. The van der Waals surface area contributed by atoms with Gasteiger partial charge in [0.1, 0.15) is 11.4 Å². The molecule has 1 unspecified atom stereocenters. The lowest BCUT2D eigenvalue weighted by atomic mass is 10.1. The molecule has 1 amide bonds. The fraction of sp³-hybridized carbons (Fsp3) is 0.588. The summed E-state index contributed by atoms with van der Waals surface area (Å²) in [5, 5.41) is 9.63. The summed E-state index contributed by atoms with van der Waals surface area (Å²) < 4.78 is 5.46. The average Bonchev–Trinajstić information content (AvgIpc) is 2.39. The molecule has 22 heavy (non-hydrogen) atoms. The fourth-order valence-electron chi connectivity index (χ4n) is 2.62. The molecule has 1 saturated heterocycles. The summed E-state index contributed by atoms with van der Waals surface area (Å²) in [4.78, 5) is 16.2. The molecule has 2 rings (SSSR count). The SMILES string of the molecule is Cc1cc(N2CCN(C(=O)OC(C)(C)C)C(C)C2)ccc1O. The van der Waals surface area contributed by atoms with E-state index < -0.39 is 5.60 Å². The summed E-state index contributed by atoms with van der Waals surface area (Å²) in [7, 11) is 0. The van der Waals surface area contributed by atoms with Gasteiger partial charge in [-0.3, -0.25) is 0 Å². The molecule has 122 valence electrons. The third kappa shape index (κ3) is 3.84. The number of piperazine rings is 1. The topological polar surface area (TPSA) is 53.0 Å². The molecule has 0 radical (unpaired) electrons. The van der Waals surface area contributed by atoms with E-state index in [-0.39, 0.29) is 12.1 Å². The first kappa shape index (κ1) is 16.5. The zero-order chi connectivity index (χ0) is 16.5. The predicted molar refractivity (Wildman–Crippen MR) is 87.5 cm³/mol. The number of ether oxygens (including phenoxy) is 1. The van der Waals surface area contributed by atoms with Gasteiger partial charge in [-0.2, -0.15) is 0 Å². The number of phenols is 1. The largest absolute Gasteiger partial charge is 0.508 e. The molecule has 0 aliphatic carbocycles. The smallest absolute Gasteiger partial charge is 0.410 e. The number of aryl methyl sites for hydroxylation is 1. The van der Waals surface area contributed by atoms with Crippen LogP contribution in [0, 0.1) is 6.92 Å². The summed E-state index contributed by atoms with van der Waals surface area (Å²) in [5.74, 6) is 0.309. The highest BCUT2D eigenvalue weighted by molar-refractivity contribution is 5.69. The van der Waals surface area contributed by atoms with Crippen LogP contribution in [0.3, 0.4) is 0 Å². The summed E-state index contributed by atoms with van der Waals surface area (Å²) in [6, 6.07) is 5.69. The van der Waals surface area contributed by atoms with Crippen molar-refractivity contribution in [1.29, 1.82) is 0 Å². The van der Waals surface area contributed by atoms with Gasteiger partial charge in [0.2, 0.25) is 0 Å². The molecule has 0 spiro atoms. The molecule has 0 saturated carbocycles. The Balaban J connectivity index is 2.03. The van der Waals surface area contributed by atoms with E-state index in [0.717, 1.165) is 24.3 Å². The van der Waals surface area contributed by atoms with Gasteiger partial charge in [-0.15, -0.1) is 0 Å². The number of amides is 1. The summed E-state index contributed by atoms with van der Waals surface area (Å²) >= 11 is 0. The molecule has 0 bridgehead atoms. The molecule has 1 aromatic carbocycles. The molecule has 1 atom stereocenters. The number of hydrogen-bond acceptors (Lipinski definition) is 4. The van der Waals surface area contributed by atoms with Crippen molar-refractivity contribution in [2.45, 2.75) is 46.3 Å². The molecular weight excluding hydrogens is 280 g/mol. The molecule has 1 aliphatic rings. The maximum absolute atomic E-state index is 12.2. The van der Waals surface area contributed by atoms with Crippen LogP contribution >= 0.6 is 0 Å². The molecule has 1 aliphatic heterocycles. The zero-order valence-electron chi connectivity index (χ0n) is 14.1. The third-order valence-electron chi connectivity index (χ3n) is 3.80. The van der Waals surface area contributed by atoms with Gasteiger partial charge < -0.3 is 19.6 Å². The Labute approximate surface area is 132 Å². The van der Waals surface area contributed by atoms with Crippen LogP contribution in [0.2, 0.25) is 0 Å². The van der Waals surface area contributed by atoms with Crippen LogP contribution in [0.25, 0.3) is 0 Å². The molecule has 1 fully saturated rings. The Hall–Kier alpha value is -1.91. The normalized spacial score (nSPS) is 19.2. The maximum atomic E-state index is 12.2. The van der Waals surface area contributed by atoms with Crippen molar-refractivity contribution in [3.8, 4) is 5.75 Å².